The highest BCUT2D eigenvalue weighted by atomic mass is 16.3. The number of likely N-dealkylation sites (tertiary alicyclic amines) is 1. The molecule has 1 fully saturated rings. The van der Waals surface area contributed by atoms with Crippen molar-refractivity contribution in [3.63, 3.8) is 0 Å². The molecule has 0 radical (unpaired) electrons. The summed E-state index contributed by atoms with van der Waals surface area (Å²) >= 11 is 0. The Balaban J connectivity index is 1.68. The normalized spacial score (nSPS) is 20.4. The number of H-pyrrole nitrogens is 2. The van der Waals surface area contributed by atoms with Crippen LogP contribution in [0.15, 0.2) is 23.0 Å². The lowest BCUT2D eigenvalue weighted by molar-refractivity contribution is -0.120. The van der Waals surface area contributed by atoms with E-state index in [4.69, 9.17) is 0 Å². The number of benzene rings is 1. The molecule has 1 amide bonds. The van der Waals surface area contributed by atoms with Crippen molar-refractivity contribution in [2.24, 2.45) is 5.92 Å². The van der Waals surface area contributed by atoms with Gasteiger partial charge >= 0.3 is 5.69 Å². The van der Waals surface area contributed by atoms with E-state index in [-0.39, 0.29) is 30.2 Å². The number of hydrogen-bond acceptors (Lipinski definition) is 4. The largest absolute Gasteiger partial charge is 0.396 e. The number of carbonyl (C=O) groups is 1. The van der Waals surface area contributed by atoms with Crippen LogP contribution in [0, 0.1) is 5.92 Å². The lowest BCUT2D eigenvalue weighted by atomic mass is 10.1. The Labute approximate surface area is 127 Å². The van der Waals surface area contributed by atoms with Crippen LogP contribution in [0.5, 0.6) is 0 Å². The molecule has 7 heteroatoms. The summed E-state index contributed by atoms with van der Waals surface area (Å²) in [5.41, 5.74) is 1.76. The number of rotatable bonds is 4. The van der Waals surface area contributed by atoms with Crippen molar-refractivity contribution in [3.8, 4) is 0 Å². The Hall–Kier alpha value is -2.12. The van der Waals surface area contributed by atoms with Crippen LogP contribution in [0.1, 0.15) is 13.3 Å². The third-order valence-electron chi connectivity index (χ3n) is 4.29. The fourth-order valence-corrected chi connectivity index (χ4v) is 2.89. The predicted octanol–water partition coefficient (Wildman–Crippen LogP) is 0.497. The minimum atomic E-state index is -0.265. The van der Waals surface area contributed by atoms with E-state index in [1.165, 1.54) is 0 Å². The molecule has 4 N–H and O–H groups in total. The Morgan fingerprint density at radius 2 is 2.23 bits per heavy atom. The first-order chi connectivity index (χ1) is 10.6. The standard InChI is InChI=1S/C15H20N4O3/c1-9(19-5-4-10(7-19)8-20)14(21)16-11-2-3-12-13(6-11)18-15(22)17-12/h2-3,6,9-10,20H,4-5,7-8H2,1H3,(H,16,21)(H2,17,18,22). The third-order valence-corrected chi connectivity index (χ3v) is 4.29. The SMILES string of the molecule is CC(C(=O)Nc1ccc2[nH]c(=O)[nH]c2c1)N1CCC(CO)C1. The summed E-state index contributed by atoms with van der Waals surface area (Å²) in [5.74, 6) is 0.173. The van der Waals surface area contributed by atoms with E-state index in [0.717, 1.165) is 19.5 Å². The molecule has 0 spiro atoms. The van der Waals surface area contributed by atoms with E-state index in [9.17, 15) is 14.7 Å². The van der Waals surface area contributed by atoms with Gasteiger partial charge in [-0.2, -0.15) is 0 Å². The lowest BCUT2D eigenvalue weighted by Gasteiger charge is -2.23. The van der Waals surface area contributed by atoms with Gasteiger partial charge in [0.1, 0.15) is 0 Å². The Bertz CT molecular complexity index is 736. The average Bonchev–Trinajstić information content (AvgIpc) is 3.11. The molecule has 1 aromatic heterocycles. The zero-order valence-corrected chi connectivity index (χ0v) is 12.4. The van der Waals surface area contributed by atoms with Crippen LogP contribution in [-0.2, 0) is 4.79 Å². The molecular weight excluding hydrogens is 284 g/mol. The van der Waals surface area contributed by atoms with E-state index in [1.807, 2.05) is 6.92 Å². The van der Waals surface area contributed by atoms with Gasteiger partial charge in [0.2, 0.25) is 5.91 Å². The monoisotopic (exact) mass is 304 g/mol. The summed E-state index contributed by atoms with van der Waals surface area (Å²) in [6, 6.07) is 5.00. The van der Waals surface area contributed by atoms with Gasteiger partial charge in [-0.3, -0.25) is 9.69 Å². The van der Waals surface area contributed by atoms with Gasteiger partial charge in [0, 0.05) is 18.8 Å². The number of aromatic nitrogens is 2. The van der Waals surface area contributed by atoms with E-state index in [2.05, 4.69) is 20.2 Å². The van der Waals surface area contributed by atoms with Gasteiger partial charge in [-0.1, -0.05) is 0 Å². The highest BCUT2D eigenvalue weighted by Gasteiger charge is 2.29. The average molecular weight is 304 g/mol. The van der Waals surface area contributed by atoms with Crippen molar-refractivity contribution in [1.29, 1.82) is 0 Å². The minimum absolute atomic E-state index is 0.0872. The zero-order chi connectivity index (χ0) is 15.7. The summed E-state index contributed by atoms with van der Waals surface area (Å²) in [6.07, 6.45) is 0.921. The van der Waals surface area contributed by atoms with E-state index < -0.39 is 0 Å². The van der Waals surface area contributed by atoms with Gasteiger partial charge in [-0.15, -0.1) is 0 Å². The van der Waals surface area contributed by atoms with Gasteiger partial charge in [-0.25, -0.2) is 4.79 Å². The van der Waals surface area contributed by atoms with Crippen LogP contribution < -0.4 is 11.0 Å². The number of imidazole rings is 1. The molecule has 2 unspecified atom stereocenters. The molecule has 3 rings (SSSR count). The predicted molar refractivity (Wildman–Crippen MR) is 83.8 cm³/mol. The van der Waals surface area contributed by atoms with E-state index in [0.29, 0.717) is 16.7 Å². The van der Waals surface area contributed by atoms with Gasteiger partial charge in [-0.05, 0) is 44.0 Å². The number of aromatic amines is 2. The van der Waals surface area contributed by atoms with Crippen molar-refractivity contribution >= 4 is 22.6 Å². The Morgan fingerprint density at radius 1 is 1.45 bits per heavy atom. The number of nitrogens with one attached hydrogen (secondary N) is 3. The molecule has 2 aromatic rings. The molecule has 1 saturated heterocycles. The molecule has 22 heavy (non-hydrogen) atoms. The second-order valence-corrected chi connectivity index (χ2v) is 5.84. The highest BCUT2D eigenvalue weighted by Crippen LogP contribution is 2.20. The topological polar surface area (TPSA) is 101 Å². The molecule has 1 aromatic carbocycles. The van der Waals surface area contributed by atoms with Crippen LogP contribution in [-0.4, -0.2) is 51.6 Å². The summed E-state index contributed by atoms with van der Waals surface area (Å²) in [7, 11) is 0. The molecule has 1 aliphatic heterocycles. The van der Waals surface area contributed by atoms with Crippen molar-refractivity contribution in [2.45, 2.75) is 19.4 Å². The van der Waals surface area contributed by atoms with Crippen LogP contribution >= 0.6 is 0 Å². The van der Waals surface area contributed by atoms with Crippen LogP contribution in [0.3, 0.4) is 0 Å². The summed E-state index contributed by atoms with van der Waals surface area (Å²) in [4.78, 5) is 31.0. The first-order valence-corrected chi connectivity index (χ1v) is 7.44. The number of carbonyl (C=O) groups excluding carboxylic acids is 1. The molecule has 7 nitrogen and oxygen atoms in total. The molecule has 1 aliphatic rings. The summed E-state index contributed by atoms with van der Waals surface area (Å²) in [6.45, 7) is 3.60. The van der Waals surface area contributed by atoms with E-state index in [1.54, 1.807) is 18.2 Å². The molecule has 0 aliphatic carbocycles. The smallest absolute Gasteiger partial charge is 0.323 e. The van der Waals surface area contributed by atoms with Crippen LogP contribution in [0.4, 0.5) is 5.69 Å². The fourth-order valence-electron chi connectivity index (χ4n) is 2.89. The number of anilines is 1. The fraction of sp³-hybridized carbons (Fsp3) is 0.467. The third kappa shape index (κ3) is 2.90. The molecule has 0 bridgehead atoms. The number of fused-ring (bicyclic) bond motifs is 1. The second-order valence-electron chi connectivity index (χ2n) is 5.84. The first-order valence-electron chi connectivity index (χ1n) is 7.44. The number of nitrogens with zero attached hydrogens (tertiary/aromatic N) is 1. The summed E-state index contributed by atoms with van der Waals surface area (Å²) in [5, 5.41) is 12.1. The highest BCUT2D eigenvalue weighted by molar-refractivity contribution is 5.96. The lowest BCUT2D eigenvalue weighted by Crippen LogP contribution is -2.40. The number of amides is 1. The molecule has 0 saturated carbocycles. The van der Waals surface area contributed by atoms with Crippen molar-refractivity contribution in [1.82, 2.24) is 14.9 Å². The van der Waals surface area contributed by atoms with Gasteiger partial charge < -0.3 is 20.4 Å². The number of aliphatic hydroxyl groups is 1. The Morgan fingerprint density at radius 3 is 2.95 bits per heavy atom. The summed E-state index contributed by atoms with van der Waals surface area (Å²) < 4.78 is 0. The van der Waals surface area contributed by atoms with Crippen LogP contribution in [0.2, 0.25) is 0 Å². The maximum absolute atomic E-state index is 12.3. The van der Waals surface area contributed by atoms with E-state index >= 15 is 0 Å². The molecule has 2 heterocycles. The molecule has 118 valence electrons. The van der Waals surface area contributed by atoms with Gasteiger partial charge in [0.25, 0.3) is 0 Å². The quantitative estimate of drug-likeness (QED) is 0.660. The zero-order valence-electron chi connectivity index (χ0n) is 12.4. The van der Waals surface area contributed by atoms with Crippen LogP contribution in [0.25, 0.3) is 11.0 Å². The van der Waals surface area contributed by atoms with Crippen molar-refractivity contribution < 1.29 is 9.90 Å². The maximum atomic E-state index is 12.3. The Kier molecular flexibility index (Phi) is 4.00. The second kappa shape index (κ2) is 5.94. The van der Waals surface area contributed by atoms with Crippen molar-refractivity contribution in [2.75, 3.05) is 25.0 Å². The number of aliphatic hydroxyl groups excluding tert-OH is 1. The first kappa shape index (κ1) is 14.8. The maximum Gasteiger partial charge on any atom is 0.323 e. The minimum Gasteiger partial charge on any atom is -0.396 e. The number of hydrogen-bond donors (Lipinski definition) is 4. The molecule has 2 atom stereocenters. The van der Waals surface area contributed by atoms with Gasteiger partial charge in [0.15, 0.2) is 0 Å². The molecular formula is C15H20N4O3. The van der Waals surface area contributed by atoms with Crippen molar-refractivity contribution in [3.05, 3.63) is 28.7 Å². The van der Waals surface area contributed by atoms with Gasteiger partial charge in [0.05, 0.1) is 17.1 Å².